The highest BCUT2D eigenvalue weighted by molar-refractivity contribution is 8.00. The Bertz CT molecular complexity index is 1080. The number of nitrogens with two attached hydrogens (primary N) is 1. The molecule has 2 unspecified atom stereocenters. The number of carboxylic acid groups (broad SMARTS) is 1. The summed E-state index contributed by atoms with van der Waals surface area (Å²) in [6, 6.07) is -0.952. The third-order valence-electron chi connectivity index (χ3n) is 5.97. The normalized spacial score (nSPS) is 31.2. The number of β-lactam (4-membered cyclic amide) rings is 1. The van der Waals surface area contributed by atoms with Crippen LogP contribution < -0.4 is 11.1 Å². The number of fused-ring (bicyclic) bond motifs is 1. The molecular formula is C19H25N6O7S2+. The molecule has 15 heteroatoms. The SMILES string of the molecule is CO/N=C(\C(=O)N[C@@H]1C(=O)N2C(C(=O)O)=C(C[N+]3(C)CC(O)C(O)C3)CS[C@H]12)c1csc(N)n1. The van der Waals surface area contributed by atoms with Crippen LogP contribution >= 0.6 is 23.1 Å². The van der Waals surface area contributed by atoms with Gasteiger partial charge in [0, 0.05) is 16.7 Å². The van der Waals surface area contributed by atoms with Crippen molar-refractivity contribution in [1.29, 1.82) is 0 Å². The average Bonchev–Trinajstić information content (AvgIpc) is 3.30. The van der Waals surface area contributed by atoms with Gasteiger partial charge in [0.05, 0.1) is 7.05 Å². The number of nitrogens with zero attached hydrogens (tertiary/aromatic N) is 4. The van der Waals surface area contributed by atoms with E-state index in [-0.39, 0.29) is 46.4 Å². The van der Waals surface area contributed by atoms with Crippen molar-refractivity contribution in [3.8, 4) is 0 Å². The summed E-state index contributed by atoms with van der Waals surface area (Å²) in [6.45, 7) is 0.828. The van der Waals surface area contributed by atoms with Crippen molar-refractivity contribution in [2.24, 2.45) is 5.16 Å². The van der Waals surface area contributed by atoms with Gasteiger partial charge in [-0.25, -0.2) is 9.78 Å². The first kappa shape index (κ1) is 24.4. The number of hydrogen-bond donors (Lipinski definition) is 5. The van der Waals surface area contributed by atoms with Crippen LogP contribution in [0.3, 0.4) is 0 Å². The molecule has 0 aromatic carbocycles. The highest BCUT2D eigenvalue weighted by Gasteiger charge is 2.55. The Kier molecular flexibility index (Phi) is 6.56. The summed E-state index contributed by atoms with van der Waals surface area (Å²) in [5.41, 5.74) is 6.09. The molecule has 4 rings (SSSR count). The molecule has 184 valence electrons. The maximum Gasteiger partial charge on any atom is 0.352 e. The number of hydrogen-bond acceptors (Lipinski definition) is 11. The van der Waals surface area contributed by atoms with E-state index in [0.29, 0.717) is 11.3 Å². The van der Waals surface area contributed by atoms with Crippen LogP contribution in [0.15, 0.2) is 21.8 Å². The third-order valence-corrected chi connectivity index (χ3v) is 7.98. The smallest absolute Gasteiger partial charge is 0.352 e. The molecule has 3 aliphatic rings. The van der Waals surface area contributed by atoms with Crippen LogP contribution in [0.1, 0.15) is 5.69 Å². The molecule has 2 saturated heterocycles. The molecule has 0 radical (unpaired) electrons. The number of aliphatic hydroxyl groups is 2. The fourth-order valence-corrected chi connectivity index (χ4v) is 6.40. The zero-order valence-electron chi connectivity index (χ0n) is 18.4. The van der Waals surface area contributed by atoms with Crippen LogP contribution in [0.5, 0.6) is 0 Å². The molecule has 3 aliphatic heterocycles. The molecule has 4 heterocycles. The summed E-state index contributed by atoms with van der Waals surface area (Å²) >= 11 is 2.45. The average molecular weight is 514 g/mol. The lowest BCUT2D eigenvalue weighted by atomic mass is 10.0. The van der Waals surface area contributed by atoms with Crippen LogP contribution in [-0.2, 0) is 19.2 Å². The van der Waals surface area contributed by atoms with E-state index in [9.17, 15) is 29.7 Å². The van der Waals surface area contributed by atoms with Crippen molar-refractivity contribution in [1.82, 2.24) is 15.2 Å². The number of rotatable bonds is 7. The van der Waals surface area contributed by atoms with E-state index in [4.69, 9.17) is 10.6 Å². The first-order valence-electron chi connectivity index (χ1n) is 10.3. The fourth-order valence-electron chi connectivity index (χ4n) is 4.52. The topological polar surface area (TPSA) is 188 Å². The van der Waals surface area contributed by atoms with E-state index in [0.717, 1.165) is 11.3 Å². The molecule has 2 fully saturated rings. The van der Waals surface area contributed by atoms with Gasteiger partial charge < -0.3 is 35.7 Å². The molecule has 1 aromatic heterocycles. The number of carbonyl (C=O) groups is 3. The summed E-state index contributed by atoms with van der Waals surface area (Å²) in [7, 11) is 3.09. The van der Waals surface area contributed by atoms with Crippen molar-refractivity contribution < 1.29 is 39.0 Å². The van der Waals surface area contributed by atoms with E-state index >= 15 is 0 Å². The number of aliphatic carboxylic acids is 1. The Labute approximate surface area is 202 Å². The number of oxime groups is 1. The maximum absolute atomic E-state index is 12.9. The molecule has 1 aromatic rings. The molecule has 13 nitrogen and oxygen atoms in total. The molecule has 6 N–H and O–H groups in total. The Morgan fingerprint density at radius 1 is 1.38 bits per heavy atom. The van der Waals surface area contributed by atoms with Crippen LogP contribution in [0.25, 0.3) is 0 Å². The van der Waals surface area contributed by atoms with Crippen LogP contribution in [0.4, 0.5) is 5.13 Å². The number of quaternary nitrogens is 1. The van der Waals surface area contributed by atoms with Gasteiger partial charge in [0.2, 0.25) is 0 Å². The second kappa shape index (κ2) is 9.14. The number of aliphatic hydroxyl groups excluding tert-OH is 2. The number of likely N-dealkylation sites (N-methyl/N-ethyl adjacent to an activating group) is 1. The molecule has 0 spiro atoms. The Hall–Kier alpha value is -2.72. The van der Waals surface area contributed by atoms with E-state index in [1.807, 2.05) is 7.05 Å². The molecule has 0 saturated carbocycles. The Morgan fingerprint density at radius 2 is 2.06 bits per heavy atom. The number of anilines is 1. The highest BCUT2D eigenvalue weighted by atomic mass is 32.2. The maximum atomic E-state index is 12.9. The number of amides is 2. The molecule has 0 aliphatic carbocycles. The summed E-state index contributed by atoms with van der Waals surface area (Å²) in [5, 5.41) is 37.2. The first-order valence-corrected chi connectivity index (χ1v) is 12.2. The van der Waals surface area contributed by atoms with Gasteiger partial charge in [0.15, 0.2) is 10.8 Å². The lowest BCUT2D eigenvalue weighted by Crippen LogP contribution is -2.71. The van der Waals surface area contributed by atoms with E-state index in [1.54, 1.807) is 0 Å². The van der Waals surface area contributed by atoms with E-state index in [1.165, 1.54) is 29.2 Å². The zero-order valence-corrected chi connectivity index (χ0v) is 20.0. The number of thioether (sulfide) groups is 1. The minimum absolute atomic E-state index is 0.118. The van der Waals surface area contributed by atoms with Crippen molar-refractivity contribution in [2.45, 2.75) is 23.6 Å². The zero-order chi connectivity index (χ0) is 24.8. The largest absolute Gasteiger partial charge is 0.477 e. The number of nitrogen functional groups attached to an aromatic ring is 1. The van der Waals surface area contributed by atoms with Crippen molar-refractivity contribution in [3.63, 3.8) is 0 Å². The van der Waals surface area contributed by atoms with E-state index in [2.05, 4.69) is 15.5 Å². The summed E-state index contributed by atoms with van der Waals surface area (Å²) in [5.74, 6) is -2.18. The van der Waals surface area contributed by atoms with E-state index < -0.39 is 41.4 Å². The lowest BCUT2D eigenvalue weighted by Gasteiger charge is -2.49. The standard InChI is InChI=1S/C19H24N6O7S2/c1-25(4-10(26)11(27)5-25)3-8-6-33-17-13(16(29)24(17)14(8)18(30)31)22-15(28)12(23-32-2)9-7-34-19(20)21-9/h7,10-11,13,17,26-27H,3-6H2,1-2H3,(H3-,20,21,22,28,30,31)/p+1/b23-12-/t10?,11?,13-,17-,25?/m1/s1. The number of thiazole rings is 1. The summed E-state index contributed by atoms with van der Waals surface area (Å²) in [4.78, 5) is 47.8. The highest BCUT2D eigenvalue weighted by Crippen LogP contribution is 2.41. The van der Waals surface area contributed by atoms with Gasteiger partial charge in [0.1, 0.15) is 61.8 Å². The number of carboxylic acids is 1. The predicted octanol–water partition coefficient (Wildman–Crippen LogP) is -2.00. The van der Waals surface area contributed by atoms with Gasteiger partial charge >= 0.3 is 5.97 Å². The predicted molar refractivity (Wildman–Crippen MR) is 123 cm³/mol. The van der Waals surface area contributed by atoms with Crippen LogP contribution in [-0.4, -0.2) is 116 Å². The second-order valence-corrected chi connectivity index (χ2v) is 10.6. The minimum atomic E-state index is -1.25. The lowest BCUT2D eigenvalue weighted by molar-refractivity contribution is -0.895. The van der Waals surface area contributed by atoms with Gasteiger partial charge in [-0.05, 0) is 0 Å². The van der Waals surface area contributed by atoms with Crippen LogP contribution in [0.2, 0.25) is 0 Å². The quantitative estimate of drug-likeness (QED) is 0.118. The third kappa shape index (κ3) is 4.36. The van der Waals surface area contributed by atoms with Crippen molar-refractivity contribution in [2.75, 3.05) is 45.3 Å². The van der Waals surface area contributed by atoms with Crippen LogP contribution in [0, 0.1) is 0 Å². The number of likely N-dealkylation sites (tertiary alicyclic amines) is 1. The first-order chi connectivity index (χ1) is 16.0. The monoisotopic (exact) mass is 513 g/mol. The summed E-state index contributed by atoms with van der Waals surface area (Å²) < 4.78 is 0.259. The van der Waals surface area contributed by atoms with Crippen molar-refractivity contribution in [3.05, 3.63) is 22.3 Å². The molecule has 0 bridgehead atoms. The van der Waals surface area contributed by atoms with Crippen molar-refractivity contribution >= 4 is 51.7 Å². The van der Waals surface area contributed by atoms with Gasteiger partial charge in [0.25, 0.3) is 11.8 Å². The van der Waals surface area contributed by atoms with Gasteiger partial charge in [-0.3, -0.25) is 14.5 Å². The molecular weight excluding hydrogens is 488 g/mol. The fraction of sp³-hybridized carbons (Fsp3) is 0.526. The number of carbonyl (C=O) groups excluding carboxylic acids is 2. The number of nitrogens with one attached hydrogen (secondary N) is 1. The Balaban J connectivity index is 1.52. The van der Waals surface area contributed by atoms with Gasteiger partial charge in [-0.1, -0.05) is 5.16 Å². The van der Waals surface area contributed by atoms with Gasteiger partial charge in [-0.2, -0.15) is 0 Å². The molecule has 4 atom stereocenters. The Morgan fingerprint density at radius 3 is 2.62 bits per heavy atom. The molecule has 2 amide bonds. The minimum Gasteiger partial charge on any atom is -0.477 e. The number of aromatic nitrogens is 1. The van der Waals surface area contributed by atoms with Gasteiger partial charge in [-0.15, -0.1) is 23.1 Å². The second-order valence-electron chi connectivity index (χ2n) is 8.59. The molecule has 34 heavy (non-hydrogen) atoms. The summed E-state index contributed by atoms with van der Waals surface area (Å²) in [6.07, 6.45) is -1.77.